The standard InChI is InChI=1S/C24H28FN6O7P/c1-6-24(25)19(32)17(37-23(24)31-13-27-18-20(26-4)28-15(3)29-21(18)31)12-36-39(34,30-14(2)22(33)35-5)38-16-10-8-7-9-11-16/h1,7-11,13-14,17,19,23,32H,12H2,2-5H3,(H,30,34)(H,26,28,29)/t14-,17+,19+,23+,24+,39?/m0/s1. The molecule has 208 valence electrons. The topological polar surface area (TPSA) is 159 Å². The third-order valence-corrected chi connectivity index (χ3v) is 7.62. The average molecular weight is 562 g/mol. The van der Waals surface area contributed by atoms with Crippen molar-refractivity contribution in [3.8, 4) is 18.1 Å². The minimum Gasteiger partial charge on any atom is -0.468 e. The molecular weight excluding hydrogens is 534 g/mol. The summed E-state index contributed by atoms with van der Waals surface area (Å²) in [6.45, 7) is 2.42. The maximum absolute atomic E-state index is 16.1. The monoisotopic (exact) mass is 562 g/mol. The van der Waals surface area contributed by atoms with Crippen molar-refractivity contribution in [3.05, 3.63) is 42.5 Å². The Kier molecular flexibility index (Phi) is 8.20. The van der Waals surface area contributed by atoms with Gasteiger partial charge in [-0.3, -0.25) is 13.9 Å². The molecule has 15 heteroatoms. The molecule has 0 amide bonds. The highest BCUT2D eigenvalue weighted by atomic mass is 31.2. The van der Waals surface area contributed by atoms with Crippen LogP contribution in [0.4, 0.5) is 10.2 Å². The molecular formula is C24H28FN6O7P. The van der Waals surface area contributed by atoms with E-state index in [0.717, 1.165) is 0 Å². The van der Waals surface area contributed by atoms with Crippen LogP contribution in [0.2, 0.25) is 0 Å². The highest BCUT2D eigenvalue weighted by molar-refractivity contribution is 7.52. The number of para-hydroxylation sites is 1. The Labute approximate surface area is 223 Å². The van der Waals surface area contributed by atoms with E-state index >= 15 is 4.39 Å². The summed E-state index contributed by atoms with van der Waals surface area (Å²) in [6.07, 6.45) is 1.92. The second-order valence-electron chi connectivity index (χ2n) is 8.65. The predicted molar refractivity (Wildman–Crippen MR) is 137 cm³/mol. The van der Waals surface area contributed by atoms with Gasteiger partial charge < -0.3 is 24.4 Å². The second-order valence-corrected chi connectivity index (χ2v) is 10.3. The molecule has 0 aliphatic carbocycles. The van der Waals surface area contributed by atoms with Gasteiger partial charge in [-0.25, -0.2) is 23.9 Å². The van der Waals surface area contributed by atoms with E-state index in [1.807, 2.05) is 5.92 Å². The van der Waals surface area contributed by atoms with Gasteiger partial charge in [-0.2, -0.15) is 5.09 Å². The van der Waals surface area contributed by atoms with Gasteiger partial charge in [0.1, 0.15) is 29.8 Å². The van der Waals surface area contributed by atoms with Crippen molar-refractivity contribution in [1.29, 1.82) is 0 Å². The largest absolute Gasteiger partial charge is 0.468 e. The number of aliphatic hydroxyl groups excluding tert-OH is 1. The zero-order chi connectivity index (χ0) is 28.4. The average Bonchev–Trinajstić information content (AvgIpc) is 3.45. The minimum atomic E-state index is -4.29. The first-order valence-electron chi connectivity index (χ1n) is 11.8. The number of aryl methyl sites for hydroxylation is 1. The van der Waals surface area contributed by atoms with Crippen LogP contribution in [0.3, 0.4) is 0 Å². The number of terminal acetylenes is 1. The summed E-state index contributed by atoms with van der Waals surface area (Å²) in [5, 5.41) is 16.2. The number of carbonyl (C=O) groups excluding carboxylic acids is 1. The fraction of sp³-hybridized carbons (Fsp3) is 0.417. The van der Waals surface area contributed by atoms with Gasteiger partial charge >= 0.3 is 13.7 Å². The van der Waals surface area contributed by atoms with Crippen LogP contribution in [0.25, 0.3) is 11.2 Å². The summed E-state index contributed by atoms with van der Waals surface area (Å²) < 4.78 is 52.5. The van der Waals surface area contributed by atoms with Gasteiger partial charge in [-0.1, -0.05) is 24.1 Å². The number of nitrogens with one attached hydrogen (secondary N) is 2. The van der Waals surface area contributed by atoms with Gasteiger partial charge in [0, 0.05) is 7.05 Å². The van der Waals surface area contributed by atoms with E-state index in [0.29, 0.717) is 17.2 Å². The summed E-state index contributed by atoms with van der Waals surface area (Å²) >= 11 is 0. The Balaban J connectivity index is 1.61. The number of aromatic nitrogens is 4. The minimum absolute atomic E-state index is 0.167. The van der Waals surface area contributed by atoms with Crippen LogP contribution < -0.4 is 14.9 Å². The Morgan fingerprint density at radius 3 is 2.74 bits per heavy atom. The van der Waals surface area contributed by atoms with Crippen LogP contribution in [0, 0.1) is 19.3 Å². The van der Waals surface area contributed by atoms with Crippen molar-refractivity contribution in [1.82, 2.24) is 24.6 Å². The molecule has 1 fully saturated rings. The first-order chi connectivity index (χ1) is 18.5. The molecule has 0 saturated carbocycles. The zero-order valence-electron chi connectivity index (χ0n) is 21.6. The summed E-state index contributed by atoms with van der Waals surface area (Å²) in [5.74, 6) is 2.20. The molecule has 0 bridgehead atoms. The molecule has 1 saturated heterocycles. The lowest BCUT2D eigenvalue weighted by atomic mass is 9.97. The number of ether oxygens (including phenoxy) is 2. The normalized spacial score (nSPS) is 25.0. The number of benzene rings is 1. The SMILES string of the molecule is C#C[C@@]1(F)[C@H](O)[C@@H](COP(=O)(N[C@@H](C)C(=O)OC)Oc2ccccc2)O[C@H]1n1cnc2c(NC)nc(C)nc21. The van der Waals surface area contributed by atoms with E-state index in [1.54, 1.807) is 32.2 Å². The van der Waals surface area contributed by atoms with Crippen LogP contribution >= 0.6 is 7.75 Å². The van der Waals surface area contributed by atoms with E-state index in [1.165, 1.54) is 37.1 Å². The zero-order valence-corrected chi connectivity index (χ0v) is 22.5. The van der Waals surface area contributed by atoms with E-state index in [4.69, 9.17) is 20.2 Å². The molecule has 1 aliphatic rings. The number of halogens is 1. The molecule has 13 nitrogen and oxygen atoms in total. The van der Waals surface area contributed by atoms with Crippen molar-refractivity contribution in [3.63, 3.8) is 0 Å². The van der Waals surface area contributed by atoms with Gasteiger partial charge in [0.15, 0.2) is 23.2 Å². The molecule has 39 heavy (non-hydrogen) atoms. The van der Waals surface area contributed by atoms with Crippen molar-refractivity contribution < 1.29 is 37.4 Å². The molecule has 1 aliphatic heterocycles. The van der Waals surface area contributed by atoms with Gasteiger partial charge in [0.2, 0.25) is 5.67 Å². The van der Waals surface area contributed by atoms with Crippen LogP contribution in [-0.2, 0) is 23.4 Å². The number of alkyl halides is 1. The predicted octanol–water partition coefficient (Wildman–Crippen LogP) is 2.13. The van der Waals surface area contributed by atoms with E-state index in [2.05, 4.69) is 30.1 Å². The summed E-state index contributed by atoms with van der Waals surface area (Å²) in [6, 6.07) is 6.95. The number of carbonyl (C=O) groups is 1. The number of hydrogen-bond acceptors (Lipinski definition) is 11. The van der Waals surface area contributed by atoms with Crippen molar-refractivity contribution >= 4 is 30.7 Å². The molecule has 3 heterocycles. The van der Waals surface area contributed by atoms with Gasteiger partial charge in [-0.05, 0) is 26.0 Å². The molecule has 4 rings (SSSR count). The Hall–Kier alpha value is -3.60. The number of methoxy groups -OCH3 is 1. The number of imidazole rings is 1. The first-order valence-corrected chi connectivity index (χ1v) is 13.3. The molecule has 3 N–H and O–H groups in total. The second kappa shape index (κ2) is 11.3. The molecule has 2 aromatic heterocycles. The Morgan fingerprint density at radius 2 is 2.10 bits per heavy atom. The number of esters is 1. The lowest BCUT2D eigenvalue weighted by molar-refractivity contribution is -0.142. The number of hydrogen-bond donors (Lipinski definition) is 3. The lowest BCUT2D eigenvalue weighted by Crippen LogP contribution is -2.42. The van der Waals surface area contributed by atoms with Crippen molar-refractivity contribution in [2.24, 2.45) is 0 Å². The first kappa shape index (κ1) is 28.4. The molecule has 0 spiro atoms. The maximum atomic E-state index is 16.1. The third-order valence-electron chi connectivity index (χ3n) is 5.97. The fourth-order valence-corrected chi connectivity index (χ4v) is 5.53. The van der Waals surface area contributed by atoms with E-state index < -0.39 is 50.5 Å². The Bertz CT molecular complexity index is 1430. The number of fused-ring (bicyclic) bond motifs is 1. The summed E-state index contributed by atoms with van der Waals surface area (Å²) in [5.41, 5.74) is -2.19. The van der Waals surface area contributed by atoms with Crippen LogP contribution in [0.15, 0.2) is 36.7 Å². The maximum Gasteiger partial charge on any atom is 0.459 e. The smallest absolute Gasteiger partial charge is 0.459 e. The van der Waals surface area contributed by atoms with Crippen LogP contribution in [-0.4, -0.2) is 75.3 Å². The Morgan fingerprint density at radius 1 is 1.38 bits per heavy atom. The van der Waals surface area contributed by atoms with Crippen LogP contribution in [0.1, 0.15) is 19.0 Å². The van der Waals surface area contributed by atoms with Gasteiger partial charge in [-0.15, -0.1) is 6.42 Å². The van der Waals surface area contributed by atoms with Crippen molar-refractivity contribution in [2.75, 3.05) is 26.1 Å². The molecule has 0 radical (unpaired) electrons. The van der Waals surface area contributed by atoms with Gasteiger partial charge in [0.25, 0.3) is 0 Å². The van der Waals surface area contributed by atoms with E-state index in [9.17, 15) is 14.5 Å². The fourth-order valence-electron chi connectivity index (χ4n) is 4.03. The lowest BCUT2D eigenvalue weighted by Gasteiger charge is -2.24. The van der Waals surface area contributed by atoms with Crippen molar-refractivity contribution in [2.45, 2.75) is 44.0 Å². The highest BCUT2D eigenvalue weighted by Crippen LogP contribution is 2.48. The summed E-state index contributed by atoms with van der Waals surface area (Å²) in [7, 11) is -1.48. The highest BCUT2D eigenvalue weighted by Gasteiger charge is 2.58. The molecule has 1 unspecified atom stereocenters. The number of aliphatic hydroxyl groups is 1. The molecule has 6 atom stereocenters. The number of rotatable bonds is 10. The number of nitrogens with zero attached hydrogens (tertiary/aromatic N) is 4. The third kappa shape index (κ3) is 5.59. The van der Waals surface area contributed by atoms with Crippen LogP contribution in [0.5, 0.6) is 5.75 Å². The number of anilines is 1. The molecule has 1 aromatic carbocycles. The summed E-state index contributed by atoms with van der Waals surface area (Å²) in [4.78, 5) is 24.8. The molecule has 3 aromatic rings. The van der Waals surface area contributed by atoms with Gasteiger partial charge in [0.05, 0.1) is 20.0 Å². The van der Waals surface area contributed by atoms with E-state index in [-0.39, 0.29) is 11.4 Å². The quantitative estimate of drug-likeness (QED) is 0.188.